The molecule has 4 nitrogen and oxygen atoms in total. The van der Waals surface area contributed by atoms with Crippen LogP contribution in [0.5, 0.6) is 11.5 Å². The van der Waals surface area contributed by atoms with Crippen molar-refractivity contribution < 1.29 is 14.3 Å². The van der Waals surface area contributed by atoms with Crippen molar-refractivity contribution in [3.05, 3.63) is 23.8 Å². The number of carbonyl (C=O) groups excluding carboxylic acids is 1. The molecule has 0 heterocycles. The molecule has 1 unspecified atom stereocenters. The van der Waals surface area contributed by atoms with Crippen LogP contribution >= 0.6 is 0 Å². The van der Waals surface area contributed by atoms with Gasteiger partial charge < -0.3 is 14.8 Å². The molecule has 0 saturated heterocycles. The van der Waals surface area contributed by atoms with E-state index < -0.39 is 0 Å². The first kappa shape index (κ1) is 15.2. The van der Waals surface area contributed by atoms with Gasteiger partial charge in [-0.1, -0.05) is 12.3 Å². The van der Waals surface area contributed by atoms with Crippen LogP contribution in [0.4, 0.5) is 0 Å². The molecule has 1 amide bonds. The zero-order valence-electron chi connectivity index (χ0n) is 12.5. The minimum Gasteiger partial charge on any atom is -0.493 e. The third-order valence-electron chi connectivity index (χ3n) is 3.95. The highest BCUT2D eigenvalue weighted by Gasteiger charge is 2.25. The van der Waals surface area contributed by atoms with Crippen LogP contribution in [-0.4, -0.2) is 25.7 Å². The Morgan fingerprint density at radius 2 is 2.24 bits per heavy atom. The van der Waals surface area contributed by atoms with E-state index in [1.54, 1.807) is 18.2 Å². The summed E-state index contributed by atoms with van der Waals surface area (Å²) in [5.74, 6) is 3.97. The van der Waals surface area contributed by atoms with Crippen LogP contribution in [0, 0.1) is 18.3 Å². The van der Waals surface area contributed by atoms with Gasteiger partial charge >= 0.3 is 0 Å². The second-order valence-corrected chi connectivity index (χ2v) is 5.31. The van der Waals surface area contributed by atoms with Crippen LogP contribution in [0.2, 0.25) is 0 Å². The normalized spacial score (nSPS) is 15.5. The van der Waals surface area contributed by atoms with Crippen molar-refractivity contribution in [2.75, 3.05) is 13.7 Å². The Morgan fingerprint density at radius 1 is 1.48 bits per heavy atom. The Hall–Kier alpha value is -2.15. The SMILES string of the molecule is C#CCOc1ccc(C(=O)NC(C)C2CCC2)cc1OC. The molecule has 0 aliphatic heterocycles. The Balaban J connectivity index is 2.05. The second-order valence-electron chi connectivity index (χ2n) is 5.31. The molecule has 1 atom stereocenters. The van der Waals surface area contributed by atoms with E-state index in [1.807, 2.05) is 0 Å². The highest BCUT2D eigenvalue weighted by atomic mass is 16.5. The summed E-state index contributed by atoms with van der Waals surface area (Å²) >= 11 is 0. The summed E-state index contributed by atoms with van der Waals surface area (Å²) in [6.07, 6.45) is 8.83. The average molecular weight is 287 g/mol. The lowest BCUT2D eigenvalue weighted by Gasteiger charge is -2.31. The molecule has 0 spiro atoms. The van der Waals surface area contributed by atoms with Gasteiger partial charge in [-0.2, -0.15) is 0 Å². The standard InChI is InChI=1S/C17H21NO3/c1-4-10-21-15-9-8-14(11-16(15)20-3)17(19)18-12(2)13-6-5-7-13/h1,8-9,11-13H,5-7,10H2,2-3H3,(H,18,19). The molecule has 1 aromatic rings. The third kappa shape index (κ3) is 3.69. The van der Waals surface area contributed by atoms with Crippen LogP contribution in [0.25, 0.3) is 0 Å². The lowest BCUT2D eigenvalue weighted by atomic mass is 9.80. The molecular formula is C17H21NO3. The summed E-state index contributed by atoms with van der Waals surface area (Å²) in [5, 5.41) is 3.04. The van der Waals surface area contributed by atoms with Crippen molar-refractivity contribution in [2.24, 2.45) is 5.92 Å². The van der Waals surface area contributed by atoms with Gasteiger partial charge in [0.25, 0.3) is 5.91 Å². The lowest BCUT2D eigenvalue weighted by molar-refractivity contribution is 0.0909. The van der Waals surface area contributed by atoms with E-state index in [0.717, 1.165) is 0 Å². The van der Waals surface area contributed by atoms with Gasteiger partial charge in [-0.3, -0.25) is 4.79 Å². The zero-order valence-corrected chi connectivity index (χ0v) is 12.5. The number of nitrogens with one attached hydrogen (secondary N) is 1. The van der Waals surface area contributed by atoms with Gasteiger partial charge in [0.2, 0.25) is 0 Å². The second kappa shape index (κ2) is 7.03. The molecule has 4 heteroatoms. The maximum Gasteiger partial charge on any atom is 0.251 e. The average Bonchev–Trinajstić information content (AvgIpc) is 2.42. The van der Waals surface area contributed by atoms with Crippen LogP contribution in [0.1, 0.15) is 36.5 Å². The maximum absolute atomic E-state index is 12.3. The Bertz CT molecular complexity index is 543. The van der Waals surface area contributed by atoms with Crippen LogP contribution in [-0.2, 0) is 0 Å². The molecule has 2 rings (SSSR count). The molecule has 1 aromatic carbocycles. The van der Waals surface area contributed by atoms with Gasteiger partial charge in [0.1, 0.15) is 6.61 Å². The van der Waals surface area contributed by atoms with Crippen molar-refractivity contribution in [1.29, 1.82) is 0 Å². The Labute approximate surface area is 125 Å². The largest absolute Gasteiger partial charge is 0.493 e. The van der Waals surface area contributed by atoms with Crippen molar-refractivity contribution in [2.45, 2.75) is 32.2 Å². The van der Waals surface area contributed by atoms with E-state index >= 15 is 0 Å². The number of terminal acetylenes is 1. The Kier molecular flexibility index (Phi) is 5.10. The van der Waals surface area contributed by atoms with Crippen LogP contribution in [0.15, 0.2) is 18.2 Å². The summed E-state index contributed by atoms with van der Waals surface area (Å²) < 4.78 is 10.6. The van der Waals surface area contributed by atoms with E-state index in [0.29, 0.717) is 23.0 Å². The molecule has 0 bridgehead atoms. The van der Waals surface area contributed by atoms with Gasteiger partial charge in [-0.05, 0) is 43.9 Å². The minimum absolute atomic E-state index is 0.0869. The monoisotopic (exact) mass is 287 g/mol. The van der Waals surface area contributed by atoms with E-state index in [-0.39, 0.29) is 18.6 Å². The fourth-order valence-electron chi connectivity index (χ4n) is 2.40. The smallest absolute Gasteiger partial charge is 0.251 e. The number of ether oxygens (including phenoxy) is 2. The first-order chi connectivity index (χ1) is 10.2. The highest BCUT2D eigenvalue weighted by Crippen LogP contribution is 2.30. The van der Waals surface area contributed by atoms with Gasteiger partial charge in [0.05, 0.1) is 7.11 Å². The zero-order chi connectivity index (χ0) is 15.2. The summed E-state index contributed by atoms with van der Waals surface area (Å²) in [6, 6.07) is 5.31. The van der Waals surface area contributed by atoms with E-state index in [9.17, 15) is 4.79 Å². The number of methoxy groups -OCH3 is 1. The van der Waals surface area contributed by atoms with Crippen molar-refractivity contribution >= 4 is 5.91 Å². The summed E-state index contributed by atoms with van der Waals surface area (Å²) in [5.41, 5.74) is 0.561. The van der Waals surface area contributed by atoms with Crippen molar-refractivity contribution in [1.82, 2.24) is 5.32 Å². The molecule has 112 valence electrons. The molecule has 1 aliphatic rings. The molecule has 0 radical (unpaired) electrons. The fourth-order valence-corrected chi connectivity index (χ4v) is 2.40. The number of carbonyl (C=O) groups is 1. The first-order valence-electron chi connectivity index (χ1n) is 7.21. The molecule has 1 saturated carbocycles. The Morgan fingerprint density at radius 3 is 2.81 bits per heavy atom. The fraction of sp³-hybridized carbons (Fsp3) is 0.471. The number of rotatable bonds is 6. The number of benzene rings is 1. The van der Waals surface area contributed by atoms with Gasteiger partial charge in [0, 0.05) is 11.6 Å². The van der Waals surface area contributed by atoms with E-state index in [4.69, 9.17) is 15.9 Å². The molecular weight excluding hydrogens is 266 g/mol. The van der Waals surface area contributed by atoms with Crippen LogP contribution in [0.3, 0.4) is 0 Å². The topological polar surface area (TPSA) is 47.6 Å². The van der Waals surface area contributed by atoms with Crippen molar-refractivity contribution in [3.8, 4) is 23.8 Å². The van der Waals surface area contributed by atoms with Crippen LogP contribution < -0.4 is 14.8 Å². The number of hydrogen-bond donors (Lipinski definition) is 1. The van der Waals surface area contributed by atoms with Crippen molar-refractivity contribution in [3.63, 3.8) is 0 Å². The highest BCUT2D eigenvalue weighted by molar-refractivity contribution is 5.95. The van der Waals surface area contributed by atoms with E-state index in [2.05, 4.69) is 18.2 Å². The molecule has 0 aromatic heterocycles. The third-order valence-corrected chi connectivity index (χ3v) is 3.95. The summed E-state index contributed by atoms with van der Waals surface area (Å²) in [4.78, 5) is 12.3. The van der Waals surface area contributed by atoms with Gasteiger partial charge in [-0.15, -0.1) is 6.42 Å². The number of amides is 1. The maximum atomic E-state index is 12.3. The summed E-state index contributed by atoms with van der Waals surface area (Å²) in [7, 11) is 1.54. The van der Waals surface area contributed by atoms with Gasteiger partial charge in [0.15, 0.2) is 11.5 Å². The van der Waals surface area contributed by atoms with Gasteiger partial charge in [-0.25, -0.2) is 0 Å². The summed E-state index contributed by atoms with van der Waals surface area (Å²) in [6.45, 7) is 2.23. The number of hydrogen-bond acceptors (Lipinski definition) is 3. The quantitative estimate of drug-likeness (QED) is 0.818. The minimum atomic E-state index is -0.0869. The molecule has 1 aliphatic carbocycles. The van der Waals surface area contributed by atoms with E-state index in [1.165, 1.54) is 26.4 Å². The first-order valence-corrected chi connectivity index (χ1v) is 7.21. The molecule has 1 fully saturated rings. The molecule has 21 heavy (non-hydrogen) atoms. The predicted octanol–water partition coefficient (Wildman–Crippen LogP) is 2.63. The predicted molar refractivity (Wildman–Crippen MR) is 81.6 cm³/mol. The molecule has 1 N–H and O–H groups in total. The lowest BCUT2D eigenvalue weighted by Crippen LogP contribution is -2.40.